The fraction of sp³-hybridized carbons (Fsp3) is 0.500. The number of allylic oxidation sites excluding steroid dienone is 1. The molecular formula is C20H25F3N6O4. The summed E-state index contributed by atoms with van der Waals surface area (Å²) in [7, 11) is 1.49. The molecule has 180 valence electrons. The minimum atomic E-state index is -5.08. The van der Waals surface area contributed by atoms with Crippen LogP contribution in [0.4, 0.5) is 19.1 Å². The topological polar surface area (TPSA) is 114 Å². The number of fused-ring (bicyclic) bond motifs is 1. The van der Waals surface area contributed by atoms with Gasteiger partial charge in [-0.05, 0) is 13.8 Å². The number of nitrogens with zero attached hydrogens (tertiary/aromatic N) is 5. The van der Waals surface area contributed by atoms with E-state index in [9.17, 15) is 22.8 Å². The lowest BCUT2D eigenvalue weighted by molar-refractivity contribution is -0.192. The molecule has 0 bridgehead atoms. The third kappa shape index (κ3) is 5.83. The second-order valence-corrected chi connectivity index (χ2v) is 7.33. The number of hydrogen-bond acceptors (Lipinski definition) is 6. The maximum absolute atomic E-state index is 12.9. The van der Waals surface area contributed by atoms with Crippen LogP contribution >= 0.6 is 0 Å². The highest BCUT2D eigenvalue weighted by Gasteiger charge is 2.38. The molecule has 2 aromatic heterocycles. The van der Waals surface area contributed by atoms with E-state index in [0.717, 1.165) is 36.3 Å². The summed E-state index contributed by atoms with van der Waals surface area (Å²) in [6.45, 7) is 11.4. The molecule has 0 atom stereocenters. The second kappa shape index (κ2) is 10.4. The zero-order valence-electron chi connectivity index (χ0n) is 18.5. The lowest BCUT2D eigenvalue weighted by Crippen LogP contribution is -2.44. The molecule has 33 heavy (non-hydrogen) atoms. The van der Waals surface area contributed by atoms with Gasteiger partial charge in [-0.1, -0.05) is 18.1 Å². The predicted molar refractivity (Wildman–Crippen MR) is 116 cm³/mol. The van der Waals surface area contributed by atoms with E-state index >= 15 is 0 Å². The molecule has 0 aliphatic carbocycles. The Morgan fingerprint density at radius 2 is 1.82 bits per heavy atom. The van der Waals surface area contributed by atoms with Crippen LogP contribution < -0.4 is 21.5 Å². The number of nitrogens with one attached hydrogen (secondary N) is 1. The number of carboxylic acids is 1. The molecule has 13 heteroatoms. The number of carbonyl (C=O) groups is 1. The van der Waals surface area contributed by atoms with Crippen molar-refractivity contribution >= 4 is 23.1 Å². The average Bonchev–Trinajstić information content (AvgIpc) is 3.13. The Labute approximate surface area is 186 Å². The van der Waals surface area contributed by atoms with Gasteiger partial charge in [0.05, 0.1) is 6.54 Å². The molecule has 0 radical (unpaired) electrons. The average molecular weight is 470 g/mol. The maximum atomic E-state index is 12.9. The Balaban J connectivity index is 0.000000479. The minimum absolute atomic E-state index is 0.320. The summed E-state index contributed by atoms with van der Waals surface area (Å²) in [5, 5.41) is 10.4. The first-order valence-corrected chi connectivity index (χ1v) is 9.90. The van der Waals surface area contributed by atoms with Crippen molar-refractivity contribution in [1.82, 2.24) is 24.0 Å². The second-order valence-electron chi connectivity index (χ2n) is 7.33. The number of anilines is 1. The maximum Gasteiger partial charge on any atom is 0.490 e. The van der Waals surface area contributed by atoms with Crippen LogP contribution in [0.25, 0.3) is 11.2 Å². The number of rotatable bonds is 4. The summed E-state index contributed by atoms with van der Waals surface area (Å²) in [5.41, 5.74) is 0.883. The monoisotopic (exact) mass is 470 g/mol. The van der Waals surface area contributed by atoms with Crippen LogP contribution in [-0.2, 0) is 24.9 Å². The number of imidazole rings is 1. The number of piperazine rings is 1. The van der Waals surface area contributed by atoms with Gasteiger partial charge in [-0.3, -0.25) is 18.5 Å². The Morgan fingerprint density at radius 3 is 2.30 bits per heavy atom. The molecule has 0 amide bonds. The Morgan fingerprint density at radius 1 is 1.24 bits per heavy atom. The molecule has 1 aliphatic rings. The van der Waals surface area contributed by atoms with E-state index in [2.05, 4.69) is 28.6 Å². The molecule has 0 saturated carbocycles. The van der Waals surface area contributed by atoms with E-state index in [1.54, 1.807) is 6.92 Å². The number of halogens is 3. The Hall–Kier alpha value is -3.53. The van der Waals surface area contributed by atoms with Gasteiger partial charge < -0.3 is 15.3 Å². The summed E-state index contributed by atoms with van der Waals surface area (Å²) >= 11 is 0. The highest BCUT2D eigenvalue weighted by atomic mass is 19.4. The molecule has 2 aromatic rings. The molecule has 1 fully saturated rings. The summed E-state index contributed by atoms with van der Waals surface area (Å²) in [6.07, 6.45) is -5.08. The molecule has 1 aliphatic heterocycles. The van der Waals surface area contributed by atoms with Crippen LogP contribution in [0.3, 0.4) is 0 Å². The van der Waals surface area contributed by atoms with E-state index in [0.29, 0.717) is 30.2 Å². The van der Waals surface area contributed by atoms with Crippen LogP contribution in [0.5, 0.6) is 0 Å². The number of aromatic nitrogens is 4. The smallest absolute Gasteiger partial charge is 0.475 e. The van der Waals surface area contributed by atoms with Crippen LogP contribution in [0, 0.1) is 11.8 Å². The number of aliphatic carboxylic acids is 1. The van der Waals surface area contributed by atoms with Gasteiger partial charge in [0.2, 0.25) is 5.95 Å². The van der Waals surface area contributed by atoms with Crippen molar-refractivity contribution in [3.63, 3.8) is 0 Å². The number of carboxylic acid groups (broad SMARTS) is 1. The molecule has 0 aromatic carbocycles. The molecule has 3 heterocycles. The van der Waals surface area contributed by atoms with Crippen molar-refractivity contribution in [3.05, 3.63) is 33.0 Å². The van der Waals surface area contributed by atoms with Crippen molar-refractivity contribution in [2.24, 2.45) is 7.05 Å². The molecular weight excluding hydrogens is 445 g/mol. The first-order valence-electron chi connectivity index (χ1n) is 9.90. The highest BCUT2D eigenvalue weighted by molar-refractivity contribution is 5.75. The molecule has 2 N–H and O–H groups in total. The molecule has 3 rings (SSSR count). The summed E-state index contributed by atoms with van der Waals surface area (Å²) in [6, 6.07) is 0. The van der Waals surface area contributed by atoms with Gasteiger partial charge in [0.1, 0.15) is 0 Å². The number of hydrogen-bond donors (Lipinski definition) is 2. The molecule has 0 unspecified atom stereocenters. The fourth-order valence-electron chi connectivity index (χ4n) is 3.17. The third-order valence-corrected chi connectivity index (χ3v) is 4.69. The largest absolute Gasteiger partial charge is 0.490 e. The summed E-state index contributed by atoms with van der Waals surface area (Å²) < 4.78 is 36.2. The normalized spacial score (nSPS) is 13.7. The van der Waals surface area contributed by atoms with Crippen LogP contribution in [0.15, 0.2) is 21.7 Å². The van der Waals surface area contributed by atoms with E-state index < -0.39 is 12.1 Å². The van der Waals surface area contributed by atoms with Crippen molar-refractivity contribution in [3.8, 4) is 11.8 Å². The van der Waals surface area contributed by atoms with E-state index in [4.69, 9.17) is 14.9 Å². The third-order valence-electron chi connectivity index (χ3n) is 4.69. The molecule has 10 nitrogen and oxygen atoms in total. The SMILES string of the molecule is C=C(C)Cn1c(=O)n(C)c(=O)c2c1nc(N1CCNCC1)n2CC#CC.O=C(O)C(F)(F)F. The van der Waals surface area contributed by atoms with Gasteiger partial charge >= 0.3 is 17.8 Å². The van der Waals surface area contributed by atoms with Crippen LogP contribution in [0.1, 0.15) is 13.8 Å². The van der Waals surface area contributed by atoms with Crippen molar-refractivity contribution in [2.75, 3.05) is 31.1 Å². The predicted octanol–water partition coefficient (Wildman–Crippen LogP) is 0.539. The Bertz CT molecular complexity index is 1220. The number of alkyl halides is 3. The van der Waals surface area contributed by atoms with Crippen molar-refractivity contribution < 1.29 is 23.1 Å². The van der Waals surface area contributed by atoms with Gasteiger partial charge in [0.25, 0.3) is 5.56 Å². The van der Waals surface area contributed by atoms with Gasteiger partial charge in [-0.2, -0.15) is 18.2 Å². The minimum Gasteiger partial charge on any atom is -0.475 e. The lowest BCUT2D eigenvalue weighted by Gasteiger charge is -2.28. The summed E-state index contributed by atoms with van der Waals surface area (Å²) in [4.78, 5) is 41.2. The molecule has 0 spiro atoms. The van der Waals surface area contributed by atoms with Crippen molar-refractivity contribution in [1.29, 1.82) is 0 Å². The van der Waals surface area contributed by atoms with Gasteiger partial charge in [0.15, 0.2) is 11.2 Å². The lowest BCUT2D eigenvalue weighted by atomic mass is 10.3. The highest BCUT2D eigenvalue weighted by Crippen LogP contribution is 2.20. The zero-order valence-corrected chi connectivity index (χ0v) is 18.5. The van der Waals surface area contributed by atoms with E-state index in [1.165, 1.54) is 11.6 Å². The van der Waals surface area contributed by atoms with Crippen LogP contribution in [-0.4, -0.2) is 62.1 Å². The Kier molecular flexibility index (Phi) is 8.10. The standard InChI is InChI=1S/C18H24N6O2.C2HF3O2/c1-5-6-9-23-14-15(20-17(23)22-10-7-19-8-11-22)24(12-13(2)3)18(26)21(4)16(14)25;3-2(4,5)1(6)7/h19H,2,7-12H2,1,3-4H3;(H,6,7). The van der Waals surface area contributed by atoms with E-state index in [1.807, 2.05) is 11.5 Å². The van der Waals surface area contributed by atoms with Gasteiger partial charge in [-0.15, -0.1) is 5.92 Å². The zero-order chi connectivity index (χ0) is 24.9. The molecule has 1 saturated heterocycles. The first kappa shape index (κ1) is 25.7. The van der Waals surface area contributed by atoms with Gasteiger partial charge in [-0.25, -0.2) is 9.59 Å². The quantitative estimate of drug-likeness (QED) is 0.495. The van der Waals surface area contributed by atoms with E-state index in [-0.39, 0.29) is 11.2 Å². The van der Waals surface area contributed by atoms with Crippen molar-refractivity contribution in [2.45, 2.75) is 33.1 Å². The first-order chi connectivity index (χ1) is 15.4. The van der Waals surface area contributed by atoms with Gasteiger partial charge in [0, 0.05) is 39.8 Å². The summed E-state index contributed by atoms with van der Waals surface area (Å²) in [5.74, 6) is 3.82. The fourth-order valence-corrected chi connectivity index (χ4v) is 3.17. The van der Waals surface area contributed by atoms with Crippen LogP contribution in [0.2, 0.25) is 0 Å².